The van der Waals surface area contributed by atoms with E-state index in [1.165, 1.54) is 16.7 Å². The van der Waals surface area contributed by atoms with Crippen LogP contribution in [0.15, 0.2) is 24.3 Å². The maximum atomic E-state index is 9.19. The number of anilines is 1. The molecule has 1 atom stereocenters. The maximum Gasteiger partial charge on any atom is 0.127 e. The minimum absolute atomic E-state index is 0.114. The fraction of sp³-hybridized carbons (Fsp3) is 0.471. The summed E-state index contributed by atoms with van der Waals surface area (Å²) < 4.78 is 1.89. The molecule has 1 aliphatic rings. The number of hydrogen-bond acceptors (Lipinski definition) is 3. The molecule has 0 amide bonds. The van der Waals surface area contributed by atoms with Crippen molar-refractivity contribution in [3.05, 3.63) is 46.6 Å². The van der Waals surface area contributed by atoms with Crippen molar-refractivity contribution < 1.29 is 5.11 Å². The van der Waals surface area contributed by atoms with Gasteiger partial charge in [-0.3, -0.25) is 0 Å². The third kappa shape index (κ3) is 2.81. The van der Waals surface area contributed by atoms with Crippen molar-refractivity contribution in [1.29, 1.82) is 0 Å². The molecule has 1 aliphatic carbocycles. The van der Waals surface area contributed by atoms with Crippen molar-refractivity contribution in [3.8, 4) is 0 Å². The zero-order chi connectivity index (χ0) is 14.8. The van der Waals surface area contributed by atoms with Crippen LogP contribution >= 0.6 is 0 Å². The van der Waals surface area contributed by atoms with Crippen molar-refractivity contribution in [3.63, 3.8) is 0 Å². The largest absolute Gasteiger partial charge is 0.394 e. The van der Waals surface area contributed by atoms with Gasteiger partial charge in [0, 0.05) is 11.6 Å². The Kier molecular flexibility index (Phi) is 3.97. The van der Waals surface area contributed by atoms with Gasteiger partial charge >= 0.3 is 0 Å². The second kappa shape index (κ2) is 5.90. The molecule has 0 bridgehead atoms. The average Bonchev–Trinajstić information content (AvgIpc) is 2.75. The number of nitrogens with zero attached hydrogens (tertiary/aromatic N) is 2. The molecule has 1 aromatic carbocycles. The van der Waals surface area contributed by atoms with Gasteiger partial charge in [0.25, 0.3) is 0 Å². The molecule has 1 heterocycles. The Balaban J connectivity index is 1.79. The van der Waals surface area contributed by atoms with Gasteiger partial charge in [0.05, 0.1) is 18.8 Å². The number of aryl methyl sites for hydroxylation is 2. The third-order valence-electron chi connectivity index (χ3n) is 4.43. The van der Waals surface area contributed by atoms with Crippen molar-refractivity contribution >= 4 is 5.82 Å². The number of aliphatic hydroxyl groups is 1. The number of hydrogen-bond donors (Lipinski definition) is 2. The minimum atomic E-state index is 0.114. The van der Waals surface area contributed by atoms with Gasteiger partial charge in [-0.25, -0.2) is 4.68 Å². The quantitative estimate of drug-likeness (QED) is 0.907. The molecular weight excluding hydrogens is 262 g/mol. The zero-order valence-electron chi connectivity index (χ0n) is 12.8. The zero-order valence-corrected chi connectivity index (χ0v) is 12.8. The van der Waals surface area contributed by atoms with Gasteiger partial charge in [0.1, 0.15) is 5.82 Å². The summed E-state index contributed by atoms with van der Waals surface area (Å²) >= 11 is 0. The third-order valence-corrected chi connectivity index (χ3v) is 4.43. The topological polar surface area (TPSA) is 50.1 Å². The van der Waals surface area contributed by atoms with Crippen LogP contribution in [0.4, 0.5) is 5.82 Å². The highest BCUT2D eigenvalue weighted by Gasteiger charge is 2.21. The molecule has 1 aromatic heterocycles. The van der Waals surface area contributed by atoms with E-state index in [1.807, 2.05) is 11.6 Å². The van der Waals surface area contributed by atoms with Crippen LogP contribution in [0, 0.1) is 13.8 Å². The molecule has 0 fully saturated rings. The van der Waals surface area contributed by atoms with E-state index in [2.05, 4.69) is 41.6 Å². The van der Waals surface area contributed by atoms with Crippen LogP contribution in [-0.4, -0.2) is 27.5 Å². The molecule has 0 saturated carbocycles. The molecule has 0 spiro atoms. The van der Waals surface area contributed by atoms with Crippen molar-refractivity contribution in [2.45, 2.75) is 45.7 Å². The molecule has 0 saturated heterocycles. The predicted molar refractivity (Wildman–Crippen MR) is 84.7 cm³/mol. The average molecular weight is 285 g/mol. The first kappa shape index (κ1) is 14.1. The fourth-order valence-electron chi connectivity index (χ4n) is 3.12. The Morgan fingerprint density at radius 3 is 2.81 bits per heavy atom. The number of rotatable bonds is 4. The van der Waals surface area contributed by atoms with E-state index in [1.54, 1.807) is 0 Å². The number of aromatic nitrogens is 2. The normalized spacial score (nSPS) is 17.6. The number of fused-ring (bicyclic) bond motifs is 1. The summed E-state index contributed by atoms with van der Waals surface area (Å²) in [5.41, 5.74) is 5.14. The van der Waals surface area contributed by atoms with Gasteiger partial charge in [-0.2, -0.15) is 5.10 Å². The van der Waals surface area contributed by atoms with Gasteiger partial charge in [-0.15, -0.1) is 0 Å². The van der Waals surface area contributed by atoms with Crippen molar-refractivity contribution in [1.82, 2.24) is 9.78 Å². The highest BCUT2D eigenvalue weighted by atomic mass is 16.3. The Bertz CT molecular complexity index is 633. The SMILES string of the molecule is Cc1nn(CCO)c(NC2CCc3ccccc3C2)c1C. The van der Waals surface area contributed by atoms with E-state index in [4.69, 9.17) is 0 Å². The number of benzene rings is 1. The first-order valence-electron chi connectivity index (χ1n) is 7.67. The van der Waals surface area contributed by atoms with E-state index < -0.39 is 0 Å². The van der Waals surface area contributed by atoms with E-state index in [9.17, 15) is 5.11 Å². The Morgan fingerprint density at radius 2 is 2.05 bits per heavy atom. The van der Waals surface area contributed by atoms with E-state index in [0.717, 1.165) is 30.8 Å². The summed E-state index contributed by atoms with van der Waals surface area (Å²) in [6.45, 7) is 4.77. The first-order chi connectivity index (χ1) is 10.2. The molecule has 2 N–H and O–H groups in total. The number of nitrogens with one attached hydrogen (secondary N) is 1. The fourth-order valence-corrected chi connectivity index (χ4v) is 3.12. The smallest absolute Gasteiger partial charge is 0.127 e. The monoisotopic (exact) mass is 285 g/mol. The molecule has 0 aliphatic heterocycles. The number of aliphatic hydroxyl groups excluding tert-OH is 1. The highest BCUT2D eigenvalue weighted by Crippen LogP contribution is 2.26. The summed E-state index contributed by atoms with van der Waals surface area (Å²) in [6.07, 6.45) is 3.32. The van der Waals surface area contributed by atoms with Gasteiger partial charge in [-0.05, 0) is 44.2 Å². The summed E-state index contributed by atoms with van der Waals surface area (Å²) in [5.74, 6) is 1.06. The van der Waals surface area contributed by atoms with Crippen LogP contribution in [0.25, 0.3) is 0 Å². The van der Waals surface area contributed by atoms with Gasteiger partial charge in [0.2, 0.25) is 0 Å². The first-order valence-corrected chi connectivity index (χ1v) is 7.67. The lowest BCUT2D eigenvalue weighted by atomic mass is 9.88. The van der Waals surface area contributed by atoms with E-state index in [0.29, 0.717) is 12.6 Å². The molecular formula is C17H23N3O. The van der Waals surface area contributed by atoms with Crippen LogP contribution in [0.5, 0.6) is 0 Å². The van der Waals surface area contributed by atoms with Crippen LogP contribution in [0.3, 0.4) is 0 Å². The van der Waals surface area contributed by atoms with Crippen LogP contribution in [-0.2, 0) is 19.4 Å². The lowest BCUT2D eigenvalue weighted by molar-refractivity contribution is 0.270. The van der Waals surface area contributed by atoms with Crippen LogP contribution in [0.2, 0.25) is 0 Å². The van der Waals surface area contributed by atoms with Gasteiger partial charge in [0.15, 0.2) is 0 Å². The van der Waals surface area contributed by atoms with Crippen LogP contribution < -0.4 is 5.32 Å². The van der Waals surface area contributed by atoms with Gasteiger partial charge < -0.3 is 10.4 Å². The van der Waals surface area contributed by atoms with Gasteiger partial charge in [-0.1, -0.05) is 24.3 Å². The highest BCUT2D eigenvalue weighted by molar-refractivity contribution is 5.48. The Morgan fingerprint density at radius 1 is 1.29 bits per heavy atom. The molecule has 3 rings (SSSR count). The predicted octanol–water partition coefficient (Wildman–Crippen LogP) is 2.46. The second-order valence-corrected chi connectivity index (χ2v) is 5.86. The second-order valence-electron chi connectivity index (χ2n) is 5.86. The lowest BCUT2D eigenvalue weighted by Gasteiger charge is -2.26. The van der Waals surface area contributed by atoms with Crippen molar-refractivity contribution in [2.24, 2.45) is 0 Å². The summed E-state index contributed by atoms with van der Waals surface area (Å²) in [4.78, 5) is 0. The molecule has 0 radical (unpaired) electrons. The Labute approximate surface area is 125 Å². The summed E-state index contributed by atoms with van der Waals surface area (Å²) in [6, 6.07) is 9.14. The maximum absolute atomic E-state index is 9.19. The summed E-state index contributed by atoms with van der Waals surface area (Å²) in [7, 11) is 0. The minimum Gasteiger partial charge on any atom is -0.394 e. The standard InChI is InChI=1S/C17H23N3O/c1-12-13(2)19-20(9-10-21)17(12)18-16-8-7-14-5-3-4-6-15(14)11-16/h3-6,16,18,21H,7-11H2,1-2H3. The molecule has 2 aromatic rings. The van der Waals surface area contributed by atoms with Crippen LogP contribution in [0.1, 0.15) is 28.8 Å². The Hall–Kier alpha value is -1.81. The lowest BCUT2D eigenvalue weighted by Crippen LogP contribution is -2.29. The van der Waals surface area contributed by atoms with E-state index in [-0.39, 0.29) is 6.61 Å². The summed E-state index contributed by atoms with van der Waals surface area (Å²) in [5, 5.41) is 17.3. The molecule has 112 valence electrons. The molecule has 21 heavy (non-hydrogen) atoms. The van der Waals surface area contributed by atoms with Crippen molar-refractivity contribution in [2.75, 3.05) is 11.9 Å². The molecule has 4 heteroatoms. The molecule has 4 nitrogen and oxygen atoms in total. The van der Waals surface area contributed by atoms with E-state index >= 15 is 0 Å². The molecule has 1 unspecified atom stereocenters.